The normalized spacial score (nSPS) is 15.5. The van der Waals surface area contributed by atoms with Gasteiger partial charge in [0.15, 0.2) is 5.01 Å². The number of fused-ring (bicyclic) bond motifs is 1. The molecule has 1 aromatic heterocycles. The third-order valence-corrected chi connectivity index (χ3v) is 4.80. The number of amides is 2. The van der Waals surface area contributed by atoms with Crippen LogP contribution in [0.25, 0.3) is 10.2 Å². The van der Waals surface area contributed by atoms with Crippen molar-refractivity contribution in [1.29, 1.82) is 0 Å². The fourth-order valence-corrected chi connectivity index (χ4v) is 3.43. The van der Waals surface area contributed by atoms with Crippen LogP contribution in [0.1, 0.15) is 16.7 Å². The van der Waals surface area contributed by atoms with E-state index >= 15 is 0 Å². The highest BCUT2D eigenvalue weighted by Crippen LogP contribution is 2.26. The molecule has 1 aliphatic rings. The second kappa shape index (κ2) is 5.61. The average Bonchev–Trinajstić information content (AvgIpc) is 2.89. The number of thiazole rings is 1. The third kappa shape index (κ3) is 2.87. The van der Waals surface area contributed by atoms with Crippen molar-refractivity contribution in [3.8, 4) is 0 Å². The molecule has 0 spiro atoms. The van der Waals surface area contributed by atoms with Crippen LogP contribution in [0.4, 0.5) is 0 Å². The number of carbonyl (C=O) groups excluding carboxylic acids is 2. The van der Waals surface area contributed by atoms with Crippen LogP contribution in [0.15, 0.2) is 18.2 Å². The molecule has 7 heteroatoms. The Morgan fingerprint density at radius 1 is 1.19 bits per heavy atom. The van der Waals surface area contributed by atoms with Crippen LogP contribution in [0.2, 0.25) is 5.02 Å². The SMILES string of the molecule is CC(=O)N1CCN(C(=O)c2nc3cc(Cl)ccc3s2)CC1. The van der Waals surface area contributed by atoms with E-state index in [9.17, 15) is 9.59 Å². The number of piperazine rings is 1. The van der Waals surface area contributed by atoms with Gasteiger partial charge in [-0.2, -0.15) is 0 Å². The fraction of sp³-hybridized carbons (Fsp3) is 0.357. The molecule has 110 valence electrons. The molecule has 2 heterocycles. The Morgan fingerprint density at radius 3 is 2.52 bits per heavy atom. The highest BCUT2D eigenvalue weighted by Gasteiger charge is 2.25. The molecule has 1 aliphatic heterocycles. The van der Waals surface area contributed by atoms with Crippen molar-refractivity contribution in [2.24, 2.45) is 0 Å². The van der Waals surface area contributed by atoms with Crippen LogP contribution in [0.3, 0.4) is 0 Å². The maximum absolute atomic E-state index is 12.5. The average molecular weight is 324 g/mol. The molecular weight excluding hydrogens is 310 g/mol. The standard InChI is InChI=1S/C14H14ClN3O2S/c1-9(19)17-4-6-18(7-5-17)14(20)13-16-11-8-10(15)2-3-12(11)21-13/h2-3,8H,4-7H2,1H3. The first-order chi connectivity index (χ1) is 10.0. The Balaban J connectivity index is 1.76. The van der Waals surface area contributed by atoms with Crippen LogP contribution in [0, 0.1) is 0 Å². The molecule has 3 rings (SSSR count). The van der Waals surface area contributed by atoms with Crippen molar-refractivity contribution >= 4 is 45.0 Å². The van der Waals surface area contributed by atoms with Gasteiger partial charge in [0.2, 0.25) is 5.91 Å². The first-order valence-corrected chi connectivity index (χ1v) is 7.85. The van der Waals surface area contributed by atoms with Crippen molar-refractivity contribution in [2.45, 2.75) is 6.92 Å². The van der Waals surface area contributed by atoms with Gasteiger partial charge in [-0.05, 0) is 18.2 Å². The highest BCUT2D eigenvalue weighted by atomic mass is 35.5. The van der Waals surface area contributed by atoms with Gasteiger partial charge in [0.1, 0.15) is 0 Å². The van der Waals surface area contributed by atoms with Gasteiger partial charge >= 0.3 is 0 Å². The van der Waals surface area contributed by atoms with E-state index in [0.717, 1.165) is 10.2 Å². The van der Waals surface area contributed by atoms with E-state index in [0.29, 0.717) is 36.2 Å². The molecule has 0 saturated carbocycles. The van der Waals surface area contributed by atoms with Crippen molar-refractivity contribution < 1.29 is 9.59 Å². The van der Waals surface area contributed by atoms with Crippen molar-refractivity contribution in [3.63, 3.8) is 0 Å². The molecular formula is C14H14ClN3O2S. The molecule has 1 fully saturated rings. The van der Waals surface area contributed by atoms with Gasteiger partial charge in [0, 0.05) is 38.1 Å². The molecule has 0 aliphatic carbocycles. The van der Waals surface area contributed by atoms with Crippen LogP contribution in [0.5, 0.6) is 0 Å². The summed E-state index contributed by atoms with van der Waals surface area (Å²) >= 11 is 7.31. The van der Waals surface area contributed by atoms with E-state index in [2.05, 4.69) is 4.98 Å². The topological polar surface area (TPSA) is 53.5 Å². The molecule has 0 atom stereocenters. The van der Waals surface area contributed by atoms with Crippen molar-refractivity contribution in [3.05, 3.63) is 28.2 Å². The number of halogens is 1. The lowest BCUT2D eigenvalue weighted by Gasteiger charge is -2.33. The molecule has 2 amide bonds. The number of nitrogens with zero attached hydrogens (tertiary/aromatic N) is 3. The van der Waals surface area contributed by atoms with Crippen LogP contribution < -0.4 is 0 Å². The zero-order chi connectivity index (χ0) is 15.0. The third-order valence-electron chi connectivity index (χ3n) is 3.54. The smallest absolute Gasteiger partial charge is 0.282 e. The van der Waals surface area contributed by atoms with Gasteiger partial charge < -0.3 is 9.80 Å². The molecule has 0 unspecified atom stereocenters. The van der Waals surface area contributed by atoms with Gasteiger partial charge in [-0.3, -0.25) is 9.59 Å². The quantitative estimate of drug-likeness (QED) is 0.809. The minimum atomic E-state index is -0.0736. The zero-order valence-electron chi connectivity index (χ0n) is 11.5. The molecule has 1 saturated heterocycles. The molecule has 0 radical (unpaired) electrons. The van der Waals surface area contributed by atoms with Gasteiger partial charge in [0.05, 0.1) is 10.2 Å². The second-order valence-corrected chi connectivity index (χ2v) is 6.40. The van der Waals surface area contributed by atoms with Crippen LogP contribution >= 0.6 is 22.9 Å². The Labute approximate surface area is 131 Å². The molecule has 5 nitrogen and oxygen atoms in total. The van der Waals surface area contributed by atoms with E-state index in [4.69, 9.17) is 11.6 Å². The summed E-state index contributed by atoms with van der Waals surface area (Å²) in [7, 11) is 0. The van der Waals surface area contributed by atoms with Gasteiger partial charge in [-0.15, -0.1) is 11.3 Å². The van der Waals surface area contributed by atoms with Crippen molar-refractivity contribution in [1.82, 2.24) is 14.8 Å². The molecule has 0 N–H and O–H groups in total. The molecule has 2 aromatic rings. The minimum absolute atomic E-state index is 0.0525. The summed E-state index contributed by atoms with van der Waals surface area (Å²) in [6.07, 6.45) is 0. The number of hydrogen-bond acceptors (Lipinski definition) is 4. The van der Waals surface area contributed by atoms with Crippen LogP contribution in [-0.4, -0.2) is 52.8 Å². The minimum Gasteiger partial charge on any atom is -0.339 e. The Kier molecular flexibility index (Phi) is 3.82. The maximum atomic E-state index is 12.5. The monoisotopic (exact) mass is 323 g/mol. The Bertz CT molecular complexity index is 707. The summed E-state index contributed by atoms with van der Waals surface area (Å²) in [5, 5.41) is 1.09. The fourth-order valence-electron chi connectivity index (χ4n) is 2.35. The first kappa shape index (κ1) is 14.3. The lowest BCUT2D eigenvalue weighted by atomic mass is 10.3. The van der Waals surface area contributed by atoms with E-state index in [1.807, 2.05) is 6.07 Å². The predicted molar refractivity (Wildman–Crippen MR) is 82.8 cm³/mol. The molecule has 21 heavy (non-hydrogen) atoms. The maximum Gasteiger partial charge on any atom is 0.282 e. The van der Waals surface area contributed by atoms with Gasteiger partial charge in [-0.1, -0.05) is 11.6 Å². The second-order valence-electron chi connectivity index (χ2n) is 4.93. The van der Waals surface area contributed by atoms with E-state index < -0.39 is 0 Å². The summed E-state index contributed by atoms with van der Waals surface area (Å²) in [4.78, 5) is 31.6. The summed E-state index contributed by atoms with van der Waals surface area (Å²) in [6, 6.07) is 5.43. The van der Waals surface area contributed by atoms with Crippen LogP contribution in [-0.2, 0) is 4.79 Å². The Hall–Kier alpha value is -1.66. The zero-order valence-corrected chi connectivity index (χ0v) is 13.1. The summed E-state index contributed by atoms with van der Waals surface area (Å²) in [5.74, 6) is -0.0211. The number of aromatic nitrogens is 1. The van der Waals surface area contributed by atoms with E-state index in [1.54, 1.807) is 28.9 Å². The Morgan fingerprint density at radius 2 is 1.86 bits per heavy atom. The van der Waals surface area contributed by atoms with E-state index in [-0.39, 0.29) is 11.8 Å². The number of benzene rings is 1. The largest absolute Gasteiger partial charge is 0.339 e. The number of rotatable bonds is 1. The lowest BCUT2D eigenvalue weighted by Crippen LogP contribution is -2.50. The summed E-state index contributed by atoms with van der Waals surface area (Å²) in [6.45, 7) is 3.81. The van der Waals surface area contributed by atoms with Gasteiger partial charge in [-0.25, -0.2) is 4.98 Å². The van der Waals surface area contributed by atoms with Gasteiger partial charge in [0.25, 0.3) is 5.91 Å². The summed E-state index contributed by atoms with van der Waals surface area (Å²) < 4.78 is 0.949. The van der Waals surface area contributed by atoms with E-state index in [1.165, 1.54) is 11.3 Å². The first-order valence-electron chi connectivity index (χ1n) is 6.65. The predicted octanol–water partition coefficient (Wildman–Crippen LogP) is 2.25. The summed E-state index contributed by atoms with van der Waals surface area (Å²) in [5.41, 5.74) is 0.748. The molecule has 1 aromatic carbocycles. The highest BCUT2D eigenvalue weighted by molar-refractivity contribution is 7.20. The molecule has 0 bridgehead atoms. The number of hydrogen-bond donors (Lipinski definition) is 0. The number of carbonyl (C=O) groups is 2. The lowest BCUT2D eigenvalue weighted by molar-refractivity contribution is -0.130. The van der Waals surface area contributed by atoms with Crippen molar-refractivity contribution in [2.75, 3.05) is 26.2 Å².